The number of fused-ring (bicyclic) bond motifs is 1. The molecule has 1 N–H and O–H groups in total. The average molecular weight is 341 g/mol. The van der Waals surface area contributed by atoms with E-state index in [1.807, 2.05) is 11.1 Å². The van der Waals surface area contributed by atoms with Gasteiger partial charge in [0.2, 0.25) is 5.91 Å². The van der Waals surface area contributed by atoms with Crippen LogP contribution in [0.1, 0.15) is 31.2 Å². The van der Waals surface area contributed by atoms with Crippen molar-refractivity contribution in [1.82, 2.24) is 14.8 Å². The van der Waals surface area contributed by atoms with Gasteiger partial charge in [0.25, 0.3) is 0 Å². The molecule has 1 aromatic heterocycles. The summed E-state index contributed by atoms with van der Waals surface area (Å²) < 4.78 is 5.83. The van der Waals surface area contributed by atoms with Gasteiger partial charge in [0, 0.05) is 49.9 Å². The molecule has 134 valence electrons. The summed E-state index contributed by atoms with van der Waals surface area (Å²) in [7, 11) is 0. The highest BCUT2D eigenvalue weighted by Gasteiger charge is 2.24. The maximum Gasteiger partial charge on any atom is 0.236 e. The Labute approximate surface area is 148 Å². The van der Waals surface area contributed by atoms with Crippen LogP contribution in [0.3, 0.4) is 0 Å². The van der Waals surface area contributed by atoms with Crippen molar-refractivity contribution >= 4 is 16.8 Å². The fourth-order valence-electron chi connectivity index (χ4n) is 4.05. The summed E-state index contributed by atoms with van der Waals surface area (Å²) in [6.45, 7) is 4.79. The van der Waals surface area contributed by atoms with Crippen molar-refractivity contribution in [1.29, 1.82) is 0 Å². The molecule has 0 bridgehead atoms. The highest BCUT2D eigenvalue weighted by molar-refractivity contribution is 5.83. The van der Waals surface area contributed by atoms with Crippen LogP contribution in [0.15, 0.2) is 30.5 Å². The van der Waals surface area contributed by atoms with Gasteiger partial charge in [0.1, 0.15) is 0 Å². The second kappa shape index (κ2) is 7.58. The van der Waals surface area contributed by atoms with Gasteiger partial charge in [0.05, 0.1) is 12.6 Å². The Bertz CT molecular complexity index is 715. The predicted octanol–water partition coefficient (Wildman–Crippen LogP) is 2.77. The maximum absolute atomic E-state index is 12.7. The predicted molar refractivity (Wildman–Crippen MR) is 98.4 cm³/mol. The number of hydrogen-bond donors (Lipinski definition) is 1. The Balaban J connectivity index is 1.49. The number of carbonyl (C=O) groups excluding carboxylic acids is 1. The Morgan fingerprint density at radius 2 is 2.12 bits per heavy atom. The summed E-state index contributed by atoms with van der Waals surface area (Å²) in [5.74, 6) is 0.261. The van der Waals surface area contributed by atoms with Crippen molar-refractivity contribution in [2.75, 3.05) is 32.8 Å². The molecule has 25 heavy (non-hydrogen) atoms. The van der Waals surface area contributed by atoms with Gasteiger partial charge in [-0.15, -0.1) is 0 Å². The molecule has 2 fully saturated rings. The molecule has 0 spiro atoms. The molecule has 1 amide bonds. The zero-order chi connectivity index (χ0) is 17.1. The van der Waals surface area contributed by atoms with E-state index in [0.717, 1.165) is 64.0 Å². The molecular formula is C20H27N3O2. The van der Waals surface area contributed by atoms with E-state index in [2.05, 4.69) is 34.1 Å². The van der Waals surface area contributed by atoms with Crippen LogP contribution in [-0.4, -0.2) is 59.6 Å². The third kappa shape index (κ3) is 3.88. The number of aromatic nitrogens is 1. The number of carbonyl (C=O) groups is 1. The number of rotatable bonds is 6. The lowest BCUT2D eigenvalue weighted by atomic mass is 10.1. The van der Waals surface area contributed by atoms with Gasteiger partial charge in [0.15, 0.2) is 0 Å². The minimum absolute atomic E-state index is 0.261. The number of hydrogen-bond acceptors (Lipinski definition) is 3. The zero-order valence-corrected chi connectivity index (χ0v) is 14.7. The third-order valence-electron chi connectivity index (χ3n) is 5.38. The summed E-state index contributed by atoms with van der Waals surface area (Å²) in [4.78, 5) is 20.2. The van der Waals surface area contributed by atoms with Gasteiger partial charge >= 0.3 is 0 Å². The van der Waals surface area contributed by atoms with Crippen molar-refractivity contribution in [3.8, 4) is 0 Å². The number of nitrogens with one attached hydrogen (secondary N) is 1. The van der Waals surface area contributed by atoms with Crippen LogP contribution >= 0.6 is 0 Å². The molecule has 2 aromatic rings. The smallest absolute Gasteiger partial charge is 0.236 e. The average Bonchev–Trinajstić information content (AvgIpc) is 3.37. The van der Waals surface area contributed by atoms with Gasteiger partial charge in [-0.2, -0.15) is 0 Å². The van der Waals surface area contributed by atoms with E-state index in [0.29, 0.717) is 6.54 Å². The number of benzene rings is 1. The van der Waals surface area contributed by atoms with Gasteiger partial charge in [-0.25, -0.2) is 0 Å². The van der Waals surface area contributed by atoms with E-state index in [-0.39, 0.29) is 12.0 Å². The maximum atomic E-state index is 12.7. The van der Waals surface area contributed by atoms with Gasteiger partial charge < -0.3 is 14.6 Å². The molecule has 0 saturated carbocycles. The van der Waals surface area contributed by atoms with E-state index < -0.39 is 0 Å². The van der Waals surface area contributed by atoms with Gasteiger partial charge in [-0.3, -0.25) is 9.69 Å². The molecule has 0 aliphatic carbocycles. The molecule has 5 heteroatoms. The van der Waals surface area contributed by atoms with E-state index in [9.17, 15) is 4.79 Å². The zero-order valence-electron chi connectivity index (χ0n) is 14.7. The molecule has 1 atom stereocenters. The summed E-state index contributed by atoms with van der Waals surface area (Å²) in [5, 5.41) is 1.24. The number of amides is 1. The van der Waals surface area contributed by atoms with Gasteiger partial charge in [-0.1, -0.05) is 12.1 Å². The standard InChI is InChI=1S/C20H27N3O2/c24-20(23-10-1-2-11-23)15-22(14-17-6-4-12-25-17)13-16-5-3-7-19-18(16)8-9-21-19/h3,5,7-9,17,21H,1-2,4,6,10-15H2/t17-/m0/s1. The lowest BCUT2D eigenvalue weighted by molar-refractivity contribution is -0.131. The number of ether oxygens (including phenoxy) is 1. The molecule has 2 aliphatic heterocycles. The van der Waals surface area contributed by atoms with E-state index >= 15 is 0 Å². The van der Waals surface area contributed by atoms with Crippen molar-refractivity contribution in [2.45, 2.75) is 38.3 Å². The van der Waals surface area contributed by atoms with Crippen LogP contribution in [0.5, 0.6) is 0 Å². The Hall–Kier alpha value is -1.85. The van der Waals surface area contributed by atoms with Crippen LogP contribution in [0, 0.1) is 0 Å². The molecule has 0 radical (unpaired) electrons. The number of likely N-dealkylation sites (tertiary alicyclic amines) is 1. The van der Waals surface area contributed by atoms with Crippen molar-refractivity contribution < 1.29 is 9.53 Å². The number of H-pyrrole nitrogens is 1. The van der Waals surface area contributed by atoms with Crippen molar-refractivity contribution in [2.24, 2.45) is 0 Å². The first-order valence-electron chi connectivity index (χ1n) is 9.46. The van der Waals surface area contributed by atoms with Crippen LogP contribution in [0.25, 0.3) is 10.9 Å². The molecule has 3 heterocycles. The van der Waals surface area contributed by atoms with Gasteiger partial charge in [-0.05, 0) is 43.4 Å². The first kappa shape index (κ1) is 16.6. The first-order chi connectivity index (χ1) is 12.3. The summed E-state index contributed by atoms with van der Waals surface area (Å²) in [6, 6.07) is 8.47. The van der Waals surface area contributed by atoms with E-state index in [1.165, 1.54) is 10.9 Å². The largest absolute Gasteiger partial charge is 0.377 e. The fourth-order valence-corrected chi connectivity index (χ4v) is 4.05. The highest BCUT2D eigenvalue weighted by atomic mass is 16.5. The van der Waals surface area contributed by atoms with Crippen LogP contribution in [-0.2, 0) is 16.1 Å². The third-order valence-corrected chi connectivity index (χ3v) is 5.38. The highest BCUT2D eigenvalue weighted by Crippen LogP contribution is 2.21. The minimum Gasteiger partial charge on any atom is -0.377 e. The monoisotopic (exact) mass is 341 g/mol. The molecule has 5 nitrogen and oxygen atoms in total. The number of aromatic amines is 1. The molecule has 0 unspecified atom stereocenters. The van der Waals surface area contributed by atoms with E-state index in [1.54, 1.807) is 0 Å². The minimum atomic E-state index is 0.261. The Morgan fingerprint density at radius 1 is 1.24 bits per heavy atom. The first-order valence-corrected chi connectivity index (χ1v) is 9.46. The van der Waals surface area contributed by atoms with Crippen LogP contribution < -0.4 is 0 Å². The lowest BCUT2D eigenvalue weighted by Gasteiger charge is -2.27. The quantitative estimate of drug-likeness (QED) is 0.879. The lowest BCUT2D eigenvalue weighted by Crippen LogP contribution is -2.41. The van der Waals surface area contributed by atoms with Crippen molar-refractivity contribution in [3.05, 3.63) is 36.0 Å². The number of nitrogens with zero attached hydrogens (tertiary/aromatic N) is 2. The van der Waals surface area contributed by atoms with Crippen molar-refractivity contribution in [3.63, 3.8) is 0 Å². The summed E-state index contributed by atoms with van der Waals surface area (Å²) in [6.07, 6.45) is 6.75. The van der Waals surface area contributed by atoms with Crippen LogP contribution in [0.4, 0.5) is 0 Å². The molecule has 2 aliphatic rings. The second-order valence-corrected chi connectivity index (χ2v) is 7.25. The summed E-state index contributed by atoms with van der Waals surface area (Å²) in [5.41, 5.74) is 2.42. The van der Waals surface area contributed by atoms with Crippen LogP contribution in [0.2, 0.25) is 0 Å². The fraction of sp³-hybridized carbons (Fsp3) is 0.550. The SMILES string of the molecule is O=C(CN(Cc1cccc2[nH]ccc12)C[C@@H]1CCCO1)N1CCCC1. The normalized spacial score (nSPS) is 20.8. The molecule has 2 saturated heterocycles. The summed E-state index contributed by atoms with van der Waals surface area (Å²) >= 11 is 0. The molecular weight excluding hydrogens is 314 g/mol. The second-order valence-electron chi connectivity index (χ2n) is 7.25. The van der Waals surface area contributed by atoms with E-state index in [4.69, 9.17) is 4.74 Å². The molecule has 4 rings (SSSR count). The Morgan fingerprint density at radius 3 is 2.92 bits per heavy atom. The molecule has 1 aromatic carbocycles. The Kier molecular flexibility index (Phi) is 5.04. The topological polar surface area (TPSA) is 48.6 Å².